The van der Waals surface area contributed by atoms with E-state index in [0.717, 1.165) is 47.3 Å². The third-order valence-corrected chi connectivity index (χ3v) is 14.2. The lowest BCUT2D eigenvalue weighted by molar-refractivity contribution is -0.232. The maximum absolute atomic E-state index is 4.08. The molecular formula is C41H39N. The van der Waals surface area contributed by atoms with Crippen LogP contribution in [0.1, 0.15) is 68.2 Å². The van der Waals surface area contributed by atoms with Crippen LogP contribution in [0.2, 0.25) is 0 Å². The molecule has 1 nitrogen and oxygen atoms in total. The summed E-state index contributed by atoms with van der Waals surface area (Å²) in [4.78, 5) is 0. The van der Waals surface area contributed by atoms with E-state index in [-0.39, 0.29) is 10.8 Å². The summed E-state index contributed by atoms with van der Waals surface area (Å²) in [5.74, 6) is 7.40. The summed E-state index contributed by atoms with van der Waals surface area (Å²) in [6, 6.07) is 33.1. The van der Waals surface area contributed by atoms with E-state index in [1.54, 1.807) is 17.5 Å². The van der Waals surface area contributed by atoms with Crippen molar-refractivity contribution in [3.63, 3.8) is 0 Å². The molecule has 0 aromatic heterocycles. The van der Waals surface area contributed by atoms with E-state index in [9.17, 15) is 0 Å². The number of anilines is 2. The quantitative estimate of drug-likeness (QED) is 0.251. The van der Waals surface area contributed by atoms with Crippen molar-refractivity contribution in [2.45, 2.75) is 56.8 Å². The predicted molar refractivity (Wildman–Crippen MR) is 171 cm³/mol. The normalized spacial score (nSPS) is 37.8. The standard InChI is InChI=1S/C41H39N/c1-40(2)33-11-7-6-10-26(33)30-20-36-38(21-34(30)40)42-37-13-12-24(23-8-4-3-5-9-23)17-35(37)41(36)25-18-28-27-14-22-15-31(28)39(41)32(16-22)29(27)19-25/h3-13,17,20-22,25,27-29,31-32,39,42H,14-16,18-19H2,1-2H3. The second-order valence-electron chi connectivity index (χ2n) is 15.8. The molecule has 0 amide bonds. The lowest BCUT2D eigenvalue weighted by Crippen LogP contribution is -2.71. The molecule has 5 atom stereocenters. The highest BCUT2D eigenvalue weighted by molar-refractivity contribution is 5.88. The van der Waals surface area contributed by atoms with Gasteiger partial charge in [0.2, 0.25) is 0 Å². The fourth-order valence-corrected chi connectivity index (χ4v) is 13.1. The van der Waals surface area contributed by atoms with Crippen molar-refractivity contribution in [3.05, 3.63) is 107 Å². The van der Waals surface area contributed by atoms with E-state index in [4.69, 9.17) is 0 Å². The molecule has 208 valence electrons. The Bertz CT molecular complexity index is 1810. The fourth-order valence-electron chi connectivity index (χ4n) is 13.1. The van der Waals surface area contributed by atoms with Crippen molar-refractivity contribution in [2.75, 3.05) is 5.32 Å². The van der Waals surface area contributed by atoms with E-state index in [2.05, 4.69) is 104 Å². The van der Waals surface area contributed by atoms with Gasteiger partial charge in [-0.1, -0.05) is 74.5 Å². The molecule has 1 spiro atoms. The topological polar surface area (TPSA) is 12.0 Å². The Labute approximate surface area is 249 Å². The summed E-state index contributed by atoms with van der Waals surface area (Å²) >= 11 is 0. The first-order valence-corrected chi connectivity index (χ1v) is 16.8. The van der Waals surface area contributed by atoms with Crippen molar-refractivity contribution < 1.29 is 0 Å². The first kappa shape index (κ1) is 23.2. The fraction of sp³-hybridized carbons (Fsp3) is 0.415. The molecule has 0 radical (unpaired) electrons. The summed E-state index contributed by atoms with van der Waals surface area (Å²) in [7, 11) is 0. The van der Waals surface area contributed by atoms with Gasteiger partial charge in [0.1, 0.15) is 0 Å². The number of fused-ring (bicyclic) bond motifs is 5. The maximum Gasteiger partial charge on any atom is 0.0429 e. The van der Waals surface area contributed by atoms with Crippen LogP contribution in [0.15, 0.2) is 84.9 Å². The van der Waals surface area contributed by atoms with Gasteiger partial charge in [0.05, 0.1) is 0 Å². The molecule has 8 bridgehead atoms. The van der Waals surface area contributed by atoms with Crippen LogP contribution in [0.5, 0.6) is 0 Å². The summed E-state index contributed by atoms with van der Waals surface area (Å²) < 4.78 is 0. The largest absolute Gasteiger partial charge is 0.355 e. The van der Waals surface area contributed by atoms with E-state index >= 15 is 0 Å². The maximum atomic E-state index is 4.08. The van der Waals surface area contributed by atoms with Gasteiger partial charge in [0.15, 0.2) is 0 Å². The van der Waals surface area contributed by atoms with Crippen LogP contribution in [0.3, 0.4) is 0 Å². The smallest absolute Gasteiger partial charge is 0.0429 e. The molecule has 1 N–H and O–H groups in total. The van der Waals surface area contributed by atoms with Crippen molar-refractivity contribution in [1.82, 2.24) is 0 Å². The Morgan fingerprint density at radius 3 is 2.05 bits per heavy atom. The minimum Gasteiger partial charge on any atom is -0.355 e. The molecule has 7 fully saturated rings. The number of hydrogen-bond acceptors (Lipinski definition) is 1. The molecule has 1 aliphatic heterocycles. The Balaban J connectivity index is 1.21. The zero-order valence-corrected chi connectivity index (χ0v) is 24.7. The highest BCUT2D eigenvalue weighted by Gasteiger charge is 2.72. The zero-order chi connectivity index (χ0) is 27.5. The Hall–Kier alpha value is -3.32. The van der Waals surface area contributed by atoms with Gasteiger partial charge in [-0.15, -0.1) is 0 Å². The van der Waals surface area contributed by atoms with Crippen molar-refractivity contribution in [3.8, 4) is 22.3 Å². The number of rotatable bonds is 1. The SMILES string of the molecule is CC1(C)c2ccccc2-c2cc3c(cc21)Nc1ccc(-c2ccccc2)cc1C31C2CC3C4CC5CC3C1C(C5)C4C2. The summed E-state index contributed by atoms with van der Waals surface area (Å²) in [6.07, 6.45) is 7.47. The van der Waals surface area contributed by atoms with Crippen LogP contribution in [-0.2, 0) is 10.8 Å². The van der Waals surface area contributed by atoms with Gasteiger partial charge in [-0.25, -0.2) is 0 Å². The molecule has 5 unspecified atom stereocenters. The average molecular weight is 546 g/mol. The summed E-state index contributed by atoms with van der Waals surface area (Å²) in [6.45, 7) is 4.87. The van der Waals surface area contributed by atoms with E-state index < -0.39 is 0 Å². The predicted octanol–water partition coefficient (Wildman–Crippen LogP) is 9.95. The Morgan fingerprint density at radius 2 is 1.24 bits per heavy atom. The third kappa shape index (κ3) is 2.50. The number of nitrogens with one attached hydrogen (secondary N) is 1. The molecule has 13 rings (SSSR count). The first-order valence-electron chi connectivity index (χ1n) is 16.8. The Kier molecular flexibility index (Phi) is 4.09. The van der Waals surface area contributed by atoms with Crippen LogP contribution >= 0.6 is 0 Å². The molecular weight excluding hydrogens is 506 g/mol. The van der Waals surface area contributed by atoms with Gasteiger partial charge < -0.3 is 5.32 Å². The van der Waals surface area contributed by atoms with E-state index in [0.29, 0.717) is 0 Å². The Morgan fingerprint density at radius 1 is 0.548 bits per heavy atom. The molecule has 42 heavy (non-hydrogen) atoms. The molecule has 4 aromatic carbocycles. The summed E-state index contributed by atoms with van der Waals surface area (Å²) in [5.41, 5.74) is 14.9. The van der Waals surface area contributed by atoms with Crippen LogP contribution in [0, 0.1) is 47.3 Å². The van der Waals surface area contributed by atoms with Crippen LogP contribution in [0.4, 0.5) is 11.4 Å². The van der Waals surface area contributed by atoms with Gasteiger partial charge in [0, 0.05) is 22.2 Å². The molecule has 1 heteroatoms. The first-order chi connectivity index (χ1) is 20.5. The third-order valence-electron chi connectivity index (χ3n) is 14.2. The van der Waals surface area contributed by atoms with Crippen molar-refractivity contribution in [2.24, 2.45) is 47.3 Å². The molecule has 7 saturated carbocycles. The van der Waals surface area contributed by atoms with E-state index in [1.165, 1.54) is 70.4 Å². The van der Waals surface area contributed by atoms with Crippen LogP contribution in [-0.4, -0.2) is 0 Å². The number of benzene rings is 4. The van der Waals surface area contributed by atoms with Gasteiger partial charge in [-0.3, -0.25) is 0 Å². The van der Waals surface area contributed by atoms with Gasteiger partial charge >= 0.3 is 0 Å². The molecule has 8 aliphatic carbocycles. The minimum atomic E-state index is 0.0229. The van der Waals surface area contributed by atoms with Crippen molar-refractivity contribution in [1.29, 1.82) is 0 Å². The molecule has 1 heterocycles. The van der Waals surface area contributed by atoms with Crippen LogP contribution < -0.4 is 5.32 Å². The molecule has 4 aromatic rings. The second-order valence-corrected chi connectivity index (χ2v) is 15.8. The minimum absolute atomic E-state index is 0.0229. The zero-order valence-electron chi connectivity index (χ0n) is 24.7. The lowest BCUT2D eigenvalue weighted by atomic mass is 9.28. The van der Waals surface area contributed by atoms with Gasteiger partial charge in [-0.05, 0) is 148 Å². The second kappa shape index (κ2) is 7.42. The van der Waals surface area contributed by atoms with Crippen LogP contribution in [0.25, 0.3) is 22.3 Å². The average Bonchev–Trinajstić information content (AvgIpc) is 3.25. The summed E-state index contributed by atoms with van der Waals surface area (Å²) in [5, 5.41) is 4.08. The molecule has 0 saturated heterocycles. The van der Waals surface area contributed by atoms with Crippen molar-refractivity contribution >= 4 is 11.4 Å². The number of hydrogen-bond donors (Lipinski definition) is 1. The van der Waals surface area contributed by atoms with Gasteiger partial charge in [-0.2, -0.15) is 0 Å². The highest BCUT2D eigenvalue weighted by atomic mass is 14.9. The highest BCUT2D eigenvalue weighted by Crippen LogP contribution is 2.78. The van der Waals surface area contributed by atoms with E-state index in [1.807, 2.05) is 0 Å². The monoisotopic (exact) mass is 545 g/mol. The lowest BCUT2D eigenvalue weighted by Gasteiger charge is -2.76. The molecule has 9 aliphatic rings. The van der Waals surface area contributed by atoms with Gasteiger partial charge in [0.25, 0.3) is 0 Å².